The Morgan fingerprint density at radius 2 is 2.10 bits per heavy atom. The van der Waals surface area contributed by atoms with E-state index in [0.717, 1.165) is 24.1 Å². The van der Waals surface area contributed by atoms with Gasteiger partial charge in [-0.3, -0.25) is 4.79 Å². The summed E-state index contributed by atoms with van der Waals surface area (Å²) in [6.07, 6.45) is 0.873. The van der Waals surface area contributed by atoms with Crippen molar-refractivity contribution in [1.29, 1.82) is 0 Å². The van der Waals surface area contributed by atoms with Crippen LogP contribution in [0.25, 0.3) is 0 Å². The van der Waals surface area contributed by atoms with Gasteiger partial charge in [-0.1, -0.05) is 11.2 Å². The van der Waals surface area contributed by atoms with E-state index in [-0.39, 0.29) is 11.8 Å². The third kappa shape index (κ3) is 2.68. The molecule has 0 spiro atoms. The Balaban J connectivity index is 1.73. The lowest BCUT2D eigenvalue weighted by molar-refractivity contribution is 0.0789. The molecule has 2 aromatic rings. The largest absolute Gasteiger partial charge is 0.339 e. The SMILES string of the molecule is Cc1noc([C@@H]2CCN(C(=O)c3ccc(C)c(C)c3)C2)n1. The normalized spacial score (nSPS) is 18.2. The molecule has 2 heterocycles. The molecule has 0 N–H and O–H groups in total. The lowest BCUT2D eigenvalue weighted by Crippen LogP contribution is -2.28. The van der Waals surface area contributed by atoms with E-state index in [1.54, 1.807) is 6.92 Å². The quantitative estimate of drug-likeness (QED) is 0.851. The number of aryl methyl sites for hydroxylation is 3. The summed E-state index contributed by atoms with van der Waals surface area (Å²) in [5, 5.41) is 3.82. The summed E-state index contributed by atoms with van der Waals surface area (Å²) in [6.45, 7) is 7.26. The van der Waals surface area contributed by atoms with Gasteiger partial charge in [0.2, 0.25) is 5.89 Å². The first-order chi connectivity index (χ1) is 10.0. The third-order valence-electron chi connectivity index (χ3n) is 4.12. The van der Waals surface area contributed by atoms with Crippen LogP contribution < -0.4 is 0 Å². The maximum atomic E-state index is 12.6. The number of likely N-dealkylation sites (tertiary alicyclic amines) is 1. The second kappa shape index (κ2) is 5.31. The van der Waals surface area contributed by atoms with Gasteiger partial charge >= 0.3 is 0 Å². The summed E-state index contributed by atoms with van der Waals surface area (Å²) in [5.74, 6) is 1.52. The van der Waals surface area contributed by atoms with Gasteiger partial charge in [-0.2, -0.15) is 4.98 Å². The van der Waals surface area contributed by atoms with E-state index in [9.17, 15) is 4.79 Å². The van der Waals surface area contributed by atoms with E-state index in [1.165, 1.54) is 5.56 Å². The number of carbonyl (C=O) groups excluding carboxylic acids is 1. The van der Waals surface area contributed by atoms with Crippen molar-refractivity contribution >= 4 is 5.91 Å². The number of nitrogens with zero attached hydrogens (tertiary/aromatic N) is 3. The number of hydrogen-bond acceptors (Lipinski definition) is 4. The van der Waals surface area contributed by atoms with Gasteiger partial charge in [-0.15, -0.1) is 0 Å². The van der Waals surface area contributed by atoms with Gasteiger partial charge in [0.25, 0.3) is 5.91 Å². The molecule has 0 saturated carbocycles. The van der Waals surface area contributed by atoms with Crippen LogP contribution in [0.5, 0.6) is 0 Å². The summed E-state index contributed by atoms with van der Waals surface area (Å²) >= 11 is 0. The van der Waals surface area contributed by atoms with Crippen molar-refractivity contribution < 1.29 is 9.32 Å². The average Bonchev–Trinajstić information content (AvgIpc) is 3.09. The molecule has 1 aliphatic heterocycles. The number of carbonyl (C=O) groups is 1. The number of aromatic nitrogens is 2. The van der Waals surface area contributed by atoms with Crippen molar-refractivity contribution in [3.05, 3.63) is 46.6 Å². The zero-order valence-electron chi connectivity index (χ0n) is 12.6. The highest BCUT2D eigenvalue weighted by atomic mass is 16.5. The smallest absolute Gasteiger partial charge is 0.253 e. The molecule has 1 aliphatic rings. The van der Waals surface area contributed by atoms with Crippen molar-refractivity contribution in [1.82, 2.24) is 15.0 Å². The molecule has 21 heavy (non-hydrogen) atoms. The van der Waals surface area contributed by atoms with E-state index in [4.69, 9.17) is 4.52 Å². The van der Waals surface area contributed by atoms with Gasteiger partial charge in [-0.25, -0.2) is 0 Å². The van der Waals surface area contributed by atoms with Gasteiger partial charge in [0.1, 0.15) is 0 Å². The number of benzene rings is 1. The van der Waals surface area contributed by atoms with E-state index in [2.05, 4.69) is 10.1 Å². The van der Waals surface area contributed by atoms with Crippen molar-refractivity contribution in [3.63, 3.8) is 0 Å². The Labute approximate surface area is 124 Å². The van der Waals surface area contributed by atoms with Crippen LogP contribution >= 0.6 is 0 Å². The third-order valence-corrected chi connectivity index (χ3v) is 4.12. The molecule has 5 nitrogen and oxygen atoms in total. The van der Waals surface area contributed by atoms with Crippen molar-refractivity contribution in [2.75, 3.05) is 13.1 Å². The van der Waals surface area contributed by atoms with Crippen molar-refractivity contribution in [2.45, 2.75) is 33.1 Å². The first-order valence-electron chi connectivity index (χ1n) is 7.21. The monoisotopic (exact) mass is 285 g/mol. The van der Waals surface area contributed by atoms with Crippen LogP contribution in [0.2, 0.25) is 0 Å². The Morgan fingerprint density at radius 1 is 1.29 bits per heavy atom. The van der Waals surface area contributed by atoms with Crippen LogP contribution in [0, 0.1) is 20.8 Å². The van der Waals surface area contributed by atoms with Gasteiger partial charge < -0.3 is 9.42 Å². The zero-order chi connectivity index (χ0) is 15.0. The molecule has 1 fully saturated rings. The second-order valence-electron chi connectivity index (χ2n) is 5.72. The Morgan fingerprint density at radius 3 is 2.76 bits per heavy atom. The molecule has 1 amide bonds. The summed E-state index contributed by atoms with van der Waals surface area (Å²) < 4.78 is 5.22. The molecule has 1 saturated heterocycles. The Hall–Kier alpha value is -2.17. The van der Waals surface area contributed by atoms with E-state index < -0.39 is 0 Å². The summed E-state index contributed by atoms with van der Waals surface area (Å²) in [7, 11) is 0. The summed E-state index contributed by atoms with van der Waals surface area (Å²) in [6, 6.07) is 5.86. The van der Waals surface area contributed by atoms with E-state index in [0.29, 0.717) is 18.3 Å². The Bertz CT molecular complexity index is 678. The van der Waals surface area contributed by atoms with Crippen molar-refractivity contribution in [3.8, 4) is 0 Å². The van der Waals surface area contributed by atoms with E-state index in [1.807, 2.05) is 36.9 Å². The minimum atomic E-state index is 0.0804. The molecular weight excluding hydrogens is 266 g/mol. The molecule has 1 aromatic carbocycles. The molecule has 1 atom stereocenters. The van der Waals surface area contributed by atoms with Crippen molar-refractivity contribution in [2.24, 2.45) is 0 Å². The molecule has 110 valence electrons. The molecule has 3 rings (SSSR count). The van der Waals surface area contributed by atoms with Gasteiger partial charge in [0, 0.05) is 18.7 Å². The van der Waals surface area contributed by atoms with Crippen LogP contribution in [0.3, 0.4) is 0 Å². The highest BCUT2D eigenvalue weighted by molar-refractivity contribution is 5.94. The highest BCUT2D eigenvalue weighted by Crippen LogP contribution is 2.27. The fraction of sp³-hybridized carbons (Fsp3) is 0.438. The first-order valence-corrected chi connectivity index (χ1v) is 7.21. The van der Waals surface area contributed by atoms with Gasteiger partial charge in [0.05, 0.1) is 5.92 Å². The fourth-order valence-corrected chi connectivity index (χ4v) is 2.68. The second-order valence-corrected chi connectivity index (χ2v) is 5.72. The number of hydrogen-bond donors (Lipinski definition) is 0. The maximum absolute atomic E-state index is 12.6. The van der Waals surface area contributed by atoms with Crippen LogP contribution in [-0.4, -0.2) is 34.0 Å². The van der Waals surface area contributed by atoms with Crippen LogP contribution in [0.4, 0.5) is 0 Å². The summed E-state index contributed by atoms with van der Waals surface area (Å²) in [5.41, 5.74) is 3.09. The molecular formula is C16H19N3O2. The van der Waals surface area contributed by atoms with Crippen LogP contribution in [-0.2, 0) is 0 Å². The minimum absolute atomic E-state index is 0.0804. The predicted octanol–water partition coefficient (Wildman–Crippen LogP) is 2.62. The first kappa shape index (κ1) is 13.8. The minimum Gasteiger partial charge on any atom is -0.339 e. The lowest BCUT2D eigenvalue weighted by atomic mass is 10.1. The average molecular weight is 285 g/mol. The lowest BCUT2D eigenvalue weighted by Gasteiger charge is -2.16. The molecule has 1 aromatic heterocycles. The topological polar surface area (TPSA) is 59.2 Å². The number of rotatable bonds is 2. The fourth-order valence-electron chi connectivity index (χ4n) is 2.68. The standard InChI is InChI=1S/C16H19N3O2/c1-10-4-5-13(8-11(10)2)16(20)19-7-6-14(9-19)15-17-12(3)18-21-15/h4-5,8,14H,6-7,9H2,1-3H3/t14-/m1/s1. The van der Waals surface area contributed by atoms with Crippen LogP contribution in [0.1, 0.15) is 45.5 Å². The molecule has 0 aliphatic carbocycles. The molecule has 0 bridgehead atoms. The predicted molar refractivity (Wildman–Crippen MR) is 78.2 cm³/mol. The molecule has 0 radical (unpaired) electrons. The maximum Gasteiger partial charge on any atom is 0.253 e. The highest BCUT2D eigenvalue weighted by Gasteiger charge is 2.31. The van der Waals surface area contributed by atoms with E-state index >= 15 is 0 Å². The molecule has 0 unspecified atom stereocenters. The zero-order valence-corrected chi connectivity index (χ0v) is 12.6. The van der Waals surface area contributed by atoms with Gasteiger partial charge in [-0.05, 0) is 50.5 Å². The molecule has 5 heteroatoms. The van der Waals surface area contributed by atoms with Gasteiger partial charge in [0.15, 0.2) is 5.82 Å². The number of amides is 1. The Kier molecular flexibility index (Phi) is 3.49. The summed E-state index contributed by atoms with van der Waals surface area (Å²) in [4.78, 5) is 18.7. The van der Waals surface area contributed by atoms with Crippen LogP contribution in [0.15, 0.2) is 22.7 Å².